The van der Waals surface area contributed by atoms with Crippen molar-refractivity contribution in [3.63, 3.8) is 0 Å². The third-order valence-electron chi connectivity index (χ3n) is 3.10. The number of fused-ring (bicyclic) bond motifs is 1. The number of nitrogens with zero attached hydrogens (tertiary/aromatic N) is 5. The van der Waals surface area contributed by atoms with Crippen molar-refractivity contribution in [3.8, 4) is 16.9 Å². The molecule has 0 aliphatic heterocycles. The van der Waals surface area contributed by atoms with E-state index in [1.54, 1.807) is 29.5 Å². The monoisotopic (exact) mass is 262 g/mol. The zero-order chi connectivity index (χ0) is 13.4. The number of pyridine rings is 1. The predicted molar refractivity (Wildman–Crippen MR) is 74.2 cm³/mol. The smallest absolute Gasteiger partial charge is 0.171 e. The van der Waals surface area contributed by atoms with E-state index >= 15 is 0 Å². The lowest BCUT2D eigenvalue weighted by Gasteiger charge is -1.98. The van der Waals surface area contributed by atoms with Crippen molar-refractivity contribution in [1.82, 2.24) is 29.7 Å². The van der Waals surface area contributed by atoms with Gasteiger partial charge in [-0.15, -0.1) is 0 Å². The second kappa shape index (κ2) is 4.27. The molecule has 6 nitrogen and oxygen atoms in total. The maximum absolute atomic E-state index is 4.38. The van der Waals surface area contributed by atoms with Crippen molar-refractivity contribution in [2.45, 2.75) is 0 Å². The van der Waals surface area contributed by atoms with E-state index in [9.17, 15) is 0 Å². The molecule has 4 aromatic rings. The summed E-state index contributed by atoms with van der Waals surface area (Å²) in [6, 6.07) is 4.08. The number of hydrogen-bond acceptors (Lipinski definition) is 4. The summed E-state index contributed by atoms with van der Waals surface area (Å²) in [5, 5.41) is 5.39. The Morgan fingerprint density at radius 3 is 2.90 bits per heavy atom. The maximum Gasteiger partial charge on any atom is 0.171 e. The van der Waals surface area contributed by atoms with Crippen LogP contribution in [0.25, 0.3) is 28.0 Å². The van der Waals surface area contributed by atoms with E-state index in [1.165, 1.54) is 0 Å². The van der Waals surface area contributed by atoms with Crippen molar-refractivity contribution in [3.05, 3.63) is 55.5 Å². The van der Waals surface area contributed by atoms with E-state index < -0.39 is 0 Å². The van der Waals surface area contributed by atoms with E-state index in [0.29, 0.717) is 5.82 Å². The molecule has 0 aliphatic carbocycles. The molecule has 0 aliphatic rings. The Hall–Kier alpha value is -3.02. The SMILES string of the molecule is c1cnc(-n2cc(-c3cnc4[nH]ccc4c3)cn2)cn1. The molecule has 0 saturated heterocycles. The van der Waals surface area contributed by atoms with E-state index in [2.05, 4.69) is 31.1 Å². The largest absolute Gasteiger partial charge is 0.346 e. The lowest BCUT2D eigenvalue weighted by atomic mass is 10.1. The third-order valence-corrected chi connectivity index (χ3v) is 3.10. The molecule has 0 aromatic carbocycles. The molecule has 20 heavy (non-hydrogen) atoms. The number of aromatic amines is 1. The van der Waals surface area contributed by atoms with Crippen molar-refractivity contribution in [1.29, 1.82) is 0 Å². The highest BCUT2D eigenvalue weighted by Gasteiger charge is 2.06. The summed E-state index contributed by atoms with van der Waals surface area (Å²) in [6.07, 6.45) is 12.4. The van der Waals surface area contributed by atoms with Gasteiger partial charge in [-0.05, 0) is 12.1 Å². The molecule has 0 radical (unpaired) electrons. The van der Waals surface area contributed by atoms with Gasteiger partial charge in [0.2, 0.25) is 0 Å². The second-order valence-corrected chi connectivity index (χ2v) is 4.38. The topological polar surface area (TPSA) is 72.3 Å². The lowest BCUT2D eigenvalue weighted by Crippen LogP contribution is -1.97. The Bertz CT molecular complexity index is 861. The molecule has 4 aromatic heterocycles. The van der Waals surface area contributed by atoms with Crippen LogP contribution in [0.2, 0.25) is 0 Å². The fraction of sp³-hybridized carbons (Fsp3) is 0. The molecule has 0 atom stereocenters. The highest BCUT2D eigenvalue weighted by atomic mass is 15.3. The van der Waals surface area contributed by atoms with Crippen LogP contribution in [0.3, 0.4) is 0 Å². The van der Waals surface area contributed by atoms with Crippen molar-refractivity contribution in [2.75, 3.05) is 0 Å². The Kier molecular flexibility index (Phi) is 2.32. The van der Waals surface area contributed by atoms with Crippen LogP contribution < -0.4 is 0 Å². The molecule has 96 valence electrons. The van der Waals surface area contributed by atoms with Gasteiger partial charge in [0.25, 0.3) is 0 Å². The lowest BCUT2D eigenvalue weighted by molar-refractivity contribution is 0.838. The Morgan fingerprint density at radius 1 is 1.00 bits per heavy atom. The minimum absolute atomic E-state index is 0.689. The quantitative estimate of drug-likeness (QED) is 0.601. The molecule has 0 spiro atoms. The van der Waals surface area contributed by atoms with Crippen LogP contribution in [0.5, 0.6) is 0 Å². The van der Waals surface area contributed by atoms with Gasteiger partial charge in [0.05, 0.1) is 12.4 Å². The van der Waals surface area contributed by atoms with Crippen LogP contribution in [0.15, 0.2) is 55.5 Å². The zero-order valence-corrected chi connectivity index (χ0v) is 10.4. The molecule has 1 N–H and O–H groups in total. The summed E-state index contributed by atoms with van der Waals surface area (Å²) in [5.41, 5.74) is 2.90. The van der Waals surface area contributed by atoms with Gasteiger partial charge >= 0.3 is 0 Å². The summed E-state index contributed by atoms with van der Waals surface area (Å²) in [6.45, 7) is 0. The van der Waals surface area contributed by atoms with Crippen LogP contribution in [0.4, 0.5) is 0 Å². The van der Waals surface area contributed by atoms with Gasteiger partial charge in [-0.3, -0.25) is 4.98 Å². The number of nitrogens with one attached hydrogen (secondary N) is 1. The zero-order valence-electron chi connectivity index (χ0n) is 10.4. The molecule has 0 fully saturated rings. The average molecular weight is 262 g/mol. The van der Waals surface area contributed by atoms with Crippen LogP contribution in [0.1, 0.15) is 0 Å². The van der Waals surface area contributed by atoms with Crippen LogP contribution >= 0.6 is 0 Å². The fourth-order valence-electron chi connectivity index (χ4n) is 2.10. The van der Waals surface area contributed by atoms with Crippen LogP contribution in [-0.4, -0.2) is 29.7 Å². The van der Waals surface area contributed by atoms with Gasteiger partial charge in [0, 0.05) is 47.5 Å². The molecule has 0 bridgehead atoms. The van der Waals surface area contributed by atoms with E-state index in [4.69, 9.17) is 0 Å². The first-order valence-corrected chi connectivity index (χ1v) is 6.15. The first-order chi connectivity index (χ1) is 9.90. The van der Waals surface area contributed by atoms with E-state index in [1.807, 2.05) is 24.7 Å². The molecular formula is C14H10N6. The number of hydrogen-bond donors (Lipinski definition) is 1. The number of rotatable bonds is 2. The summed E-state index contributed by atoms with van der Waals surface area (Å²) in [7, 11) is 0. The van der Waals surface area contributed by atoms with Gasteiger partial charge in [-0.1, -0.05) is 0 Å². The van der Waals surface area contributed by atoms with E-state index in [-0.39, 0.29) is 0 Å². The highest BCUT2D eigenvalue weighted by Crippen LogP contribution is 2.22. The third kappa shape index (κ3) is 1.74. The second-order valence-electron chi connectivity index (χ2n) is 4.38. The number of aromatic nitrogens is 6. The van der Waals surface area contributed by atoms with Gasteiger partial charge < -0.3 is 4.98 Å². The standard InChI is InChI=1S/C14H10N6/c1-2-17-14-10(1)5-11(6-18-14)12-7-19-20(9-12)13-8-15-3-4-16-13/h1-9H,(H,17,18). The molecular weight excluding hydrogens is 252 g/mol. The van der Waals surface area contributed by atoms with Gasteiger partial charge in [0.1, 0.15) is 5.65 Å². The van der Waals surface area contributed by atoms with Gasteiger partial charge in [0.15, 0.2) is 5.82 Å². The fourth-order valence-corrected chi connectivity index (χ4v) is 2.10. The average Bonchev–Trinajstić information content (AvgIpc) is 3.16. The highest BCUT2D eigenvalue weighted by molar-refractivity contribution is 5.81. The summed E-state index contributed by atoms with van der Waals surface area (Å²) in [5.74, 6) is 0.689. The molecule has 0 saturated carbocycles. The Morgan fingerprint density at radius 2 is 2.00 bits per heavy atom. The maximum atomic E-state index is 4.38. The van der Waals surface area contributed by atoms with Crippen LogP contribution in [0, 0.1) is 0 Å². The molecule has 4 heterocycles. The first kappa shape index (κ1) is 10.9. The van der Waals surface area contributed by atoms with Gasteiger partial charge in [-0.25, -0.2) is 14.6 Å². The number of H-pyrrole nitrogens is 1. The summed E-state index contributed by atoms with van der Waals surface area (Å²) >= 11 is 0. The van der Waals surface area contributed by atoms with Gasteiger partial charge in [-0.2, -0.15) is 5.10 Å². The molecule has 0 amide bonds. The van der Waals surface area contributed by atoms with Crippen molar-refractivity contribution in [2.24, 2.45) is 0 Å². The predicted octanol–water partition coefficient (Wildman–Crippen LogP) is 2.21. The first-order valence-electron chi connectivity index (χ1n) is 6.15. The summed E-state index contributed by atoms with van der Waals surface area (Å²) in [4.78, 5) is 15.7. The van der Waals surface area contributed by atoms with Crippen molar-refractivity contribution >= 4 is 11.0 Å². The Balaban J connectivity index is 1.77. The summed E-state index contributed by atoms with van der Waals surface area (Å²) < 4.78 is 1.70. The normalized spacial score (nSPS) is 11.0. The van der Waals surface area contributed by atoms with Crippen molar-refractivity contribution < 1.29 is 0 Å². The minimum Gasteiger partial charge on any atom is -0.346 e. The molecule has 4 rings (SSSR count). The van der Waals surface area contributed by atoms with E-state index in [0.717, 1.165) is 22.2 Å². The van der Waals surface area contributed by atoms with Crippen LogP contribution in [-0.2, 0) is 0 Å². The Labute approximate surface area is 114 Å². The molecule has 0 unspecified atom stereocenters. The minimum atomic E-state index is 0.689. The molecule has 6 heteroatoms.